The molecule has 0 atom stereocenters. The zero-order valence-corrected chi connectivity index (χ0v) is 10.7. The van der Waals surface area contributed by atoms with Crippen LogP contribution in [-0.2, 0) is 10.0 Å². The largest absolute Gasteiger partial charge is 0.240 e. The minimum Gasteiger partial charge on any atom is -0.214 e. The first kappa shape index (κ1) is 11.2. The molecule has 6 heteroatoms. The number of nitrogens with one attached hydrogen (secondary N) is 1. The van der Waals surface area contributed by atoms with Crippen LogP contribution >= 0.6 is 31.9 Å². The second-order valence-corrected chi connectivity index (χ2v) is 6.03. The van der Waals surface area contributed by atoms with Crippen LogP contribution in [0.5, 0.6) is 0 Å². The molecular weight excluding hydrogens is 322 g/mol. The van der Waals surface area contributed by atoms with Crippen LogP contribution in [0.25, 0.3) is 0 Å². The van der Waals surface area contributed by atoms with E-state index in [1.807, 2.05) is 0 Å². The summed E-state index contributed by atoms with van der Waals surface area (Å²) in [6, 6.07) is 4.85. The Morgan fingerprint density at radius 3 is 2.00 bits per heavy atom. The zero-order chi connectivity index (χ0) is 10.1. The summed E-state index contributed by atoms with van der Waals surface area (Å²) in [6.45, 7) is 0. The van der Waals surface area contributed by atoms with E-state index in [1.165, 1.54) is 19.2 Å². The Bertz CT molecular complexity index is 396. The van der Waals surface area contributed by atoms with Gasteiger partial charge in [-0.05, 0) is 25.2 Å². The molecule has 0 aliphatic carbocycles. The molecule has 0 saturated heterocycles. The highest BCUT2D eigenvalue weighted by molar-refractivity contribution is 9.11. The molecule has 1 rings (SSSR count). The Morgan fingerprint density at radius 2 is 1.62 bits per heavy atom. The molecule has 0 fully saturated rings. The van der Waals surface area contributed by atoms with Crippen LogP contribution in [0, 0.1) is 0 Å². The number of hydrogen-bond acceptors (Lipinski definition) is 2. The fourth-order valence-electron chi connectivity index (χ4n) is 0.802. The van der Waals surface area contributed by atoms with Gasteiger partial charge in [-0.1, -0.05) is 31.9 Å². The summed E-state index contributed by atoms with van der Waals surface area (Å²) in [5.41, 5.74) is 0. The molecule has 1 aromatic carbocycles. The number of benzene rings is 1. The van der Waals surface area contributed by atoms with Gasteiger partial charge in [0.1, 0.15) is 0 Å². The van der Waals surface area contributed by atoms with Gasteiger partial charge in [-0.15, -0.1) is 0 Å². The van der Waals surface area contributed by atoms with Gasteiger partial charge in [0.25, 0.3) is 0 Å². The molecule has 1 N–H and O–H groups in total. The van der Waals surface area contributed by atoms with E-state index in [9.17, 15) is 8.42 Å². The van der Waals surface area contributed by atoms with Crippen molar-refractivity contribution in [2.75, 3.05) is 7.05 Å². The summed E-state index contributed by atoms with van der Waals surface area (Å²) in [5, 5.41) is 0. The minimum atomic E-state index is -3.35. The summed E-state index contributed by atoms with van der Waals surface area (Å²) in [7, 11) is -1.97. The molecule has 0 unspecified atom stereocenters. The molecule has 1 aromatic rings. The van der Waals surface area contributed by atoms with Crippen molar-refractivity contribution < 1.29 is 8.42 Å². The van der Waals surface area contributed by atoms with Gasteiger partial charge < -0.3 is 0 Å². The van der Waals surface area contributed by atoms with Crippen LogP contribution in [0.2, 0.25) is 0 Å². The highest BCUT2D eigenvalue weighted by Gasteiger charge is 2.11. The molecule has 0 amide bonds. The van der Waals surface area contributed by atoms with E-state index in [0.717, 1.165) is 8.95 Å². The van der Waals surface area contributed by atoms with Crippen LogP contribution in [0.3, 0.4) is 0 Å². The second-order valence-electron chi connectivity index (χ2n) is 2.31. The van der Waals surface area contributed by atoms with Crippen LogP contribution in [0.15, 0.2) is 32.0 Å². The highest BCUT2D eigenvalue weighted by Crippen LogP contribution is 2.22. The molecule has 0 saturated carbocycles. The summed E-state index contributed by atoms with van der Waals surface area (Å²) in [4.78, 5) is 0.233. The van der Waals surface area contributed by atoms with Gasteiger partial charge in [0.15, 0.2) is 0 Å². The lowest BCUT2D eigenvalue weighted by molar-refractivity contribution is 0.588. The molecule has 0 bridgehead atoms. The molecule has 0 heterocycles. The first-order valence-electron chi connectivity index (χ1n) is 3.35. The highest BCUT2D eigenvalue weighted by atomic mass is 79.9. The lowest BCUT2D eigenvalue weighted by Gasteiger charge is -2.03. The van der Waals surface area contributed by atoms with Crippen molar-refractivity contribution in [3.05, 3.63) is 27.1 Å². The molecule has 0 aromatic heterocycles. The standard InChI is InChI=1S/C7H7Br2NO2S/c1-10-13(11,12)7-3-5(8)2-6(9)4-7/h2-4,10H,1H3. The number of hydrogen-bond donors (Lipinski definition) is 1. The Hall–Kier alpha value is 0.0900. The third kappa shape index (κ3) is 2.77. The average molecular weight is 329 g/mol. The maximum absolute atomic E-state index is 11.4. The van der Waals surface area contributed by atoms with Crippen molar-refractivity contribution in [1.82, 2.24) is 4.72 Å². The molecule has 72 valence electrons. The van der Waals surface area contributed by atoms with E-state index in [-0.39, 0.29) is 4.90 Å². The maximum Gasteiger partial charge on any atom is 0.240 e. The zero-order valence-electron chi connectivity index (χ0n) is 6.71. The first-order chi connectivity index (χ1) is 5.95. The van der Waals surface area contributed by atoms with Crippen molar-refractivity contribution in [3.8, 4) is 0 Å². The molecule has 3 nitrogen and oxygen atoms in total. The predicted molar refractivity (Wildman–Crippen MR) is 58.1 cm³/mol. The first-order valence-corrected chi connectivity index (χ1v) is 6.42. The molecule has 0 radical (unpaired) electrons. The van der Waals surface area contributed by atoms with Crippen LogP contribution < -0.4 is 4.72 Å². The predicted octanol–water partition coefficient (Wildman–Crippen LogP) is 2.12. The smallest absolute Gasteiger partial charge is 0.214 e. The number of halogens is 2. The van der Waals surface area contributed by atoms with Gasteiger partial charge in [-0.25, -0.2) is 13.1 Å². The van der Waals surface area contributed by atoms with E-state index in [4.69, 9.17) is 0 Å². The van der Waals surface area contributed by atoms with E-state index >= 15 is 0 Å². The normalized spacial score (nSPS) is 11.6. The van der Waals surface area contributed by atoms with Gasteiger partial charge in [0, 0.05) is 8.95 Å². The Balaban J connectivity index is 3.32. The van der Waals surface area contributed by atoms with Gasteiger partial charge in [-0.3, -0.25) is 0 Å². The summed E-state index contributed by atoms with van der Waals surface area (Å²) in [6.07, 6.45) is 0. The van der Waals surface area contributed by atoms with Crippen molar-refractivity contribution in [1.29, 1.82) is 0 Å². The van der Waals surface area contributed by atoms with Crippen LogP contribution in [0.1, 0.15) is 0 Å². The van der Waals surface area contributed by atoms with Crippen molar-refractivity contribution in [2.24, 2.45) is 0 Å². The van der Waals surface area contributed by atoms with Gasteiger partial charge in [0.05, 0.1) is 4.90 Å². The minimum absolute atomic E-state index is 0.233. The Kier molecular flexibility index (Phi) is 3.50. The van der Waals surface area contributed by atoms with E-state index in [0.29, 0.717) is 0 Å². The third-order valence-electron chi connectivity index (χ3n) is 1.42. The Morgan fingerprint density at radius 1 is 1.15 bits per heavy atom. The number of rotatable bonds is 2. The van der Waals surface area contributed by atoms with Crippen molar-refractivity contribution in [3.63, 3.8) is 0 Å². The van der Waals surface area contributed by atoms with Crippen LogP contribution in [0.4, 0.5) is 0 Å². The van der Waals surface area contributed by atoms with E-state index < -0.39 is 10.0 Å². The molecule has 0 aliphatic rings. The monoisotopic (exact) mass is 327 g/mol. The summed E-state index contributed by atoms with van der Waals surface area (Å²) < 4.78 is 26.4. The van der Waals surface area contributed by atoms with Gasteiger partial charge in [0.2, 0.25) is 10.0 Å². The topological polar surface area (TPSA) is 46.2 Å². The summed E-state index contributed by atoms with van der Waals surface area (Å²) in [5.74, 6) is 0. The molecular formula is C7H7Br2NO2S. The fourth-order valence-corrected chi connectivity index (χ4v) is 3.20. The maximum atomic E-state index is 11.4. The molecule has 0 aliphatic heterocycles. The third-order valence-corrected chi connectivity index (χ3v) is 3.72. The van der Waals surface area contributed by atoms with Gasteiger partial charge >= 0.3 is 0 Å². The lowest BCUT2D eigenvalue weighted by Crippen LogP contribution is -2.18. The average Bonchev–Trinajstić information content (AvgIpc) is 2.02. The quantitative estimate of drug-likeness (QED) is 0.904. The van der Waals surface area contributed by atoms with Crippen molar-refractivity contribution in [2.45, 2.75) is 4.90 Å². The van der Waals surface area contributed by atoms with Gasteiger partial charge in [-0.2, -0.15) is 0 Å². The van der Waals surface area contributed by atoms with Crippen LogP contribution in [-0.4, -0.2) is 15.5 Å². The SMILES string of the molecule is CNS(=O)(=O)c1cc(Br)cc(Br)c1. The fraction of sp³-hybridized carbons (Fsp3) is 0.143. The van der Waals surface area contributed by atoms with E-state index in [2.05, 4.69) is 36.6 Å². The Labute approximate surface area is 93.8 Å². The summed E-state index contributed by atoms with van der Waals surface area (Å²) >= 11 is 6.42. The van der Waals surface area contributed by atoms with E-state index in [1.54, 1.807) is 6.07 Å². The molecule has 13 heavy (non-hydrogen) atoms. The van der Waals surface area contributed by atoms with Crippen molar-refractivity contribution >= 4 is 41.9 Å². The second kappa shape index (κ2) is 4.08. The molecule has 0 spiro atoms. The lowest BCUT2D eigenvalue weighted by atomic mass is 10.4. The number of sulfonamides is 1.